The fraction of sp³-hybridized carbons (Fsp3) is 0.333. The highest BCUT2D eigenvalue weighted by Gasteiger charge is 2.19. The quantitative estimate of drug-likeness (QED) is 0.390. The van der Waals surface area contributed by atoms with E-state index >= 15 is 0 Å². The van der Waals surface area contributed by atoms with E-state index in [0.717, 1.165) is 36.3 Å². The maximum atomic E-state index is 12.0. The monoisotopic (exact) mass is 478 g/mol. The number of aryl methyl sites for hydroxylation is 2. The van der Waals surface area contributed by atoms with Crippen LogP contribution in [0.4, 0.5) is 11.4 Å². The summed E-state index contributed by atoms with van der Waals surface area (Å²) in [7, 11) is 0. The zero-order chi connectivity index (χ0) is 18.5. The first-order valence-corrected chi connectivity index (χ1v) is 9.06. The predicted molar refractivity (Wildman–Crippen MR) is 123 cm³/mol. The van der Waals surface area contributed by atoms with Gasteiger partial charge in [-0.05, 0) is 67.6 Å². The Labute approximate surface area is 178 Å². The van der Waals surface area contributed by atoms with Crippen molar-refractivity contribution in [2.75, 3.05) is 16.8 Å². The minimum atomic E-state index is 0. The van der Waals surface area contributed by atoms with Crippen LogP contribution < -0.4 is 16.0 Å². The molecule has 0 bridgehead atoms. The van der Waals surface area contributed by atoms with Crippen LogP contribution in [0.2, 0.25) is 0 Å². The van der Waals surface area contributed by atoms with Crippen molar-refractivity contribution in [3.63, 3.8) is 0 Å². The van der Waals surface area contributed by atoms with Crippen molar-refractivity contribution < 1.29 is 4.79 Å². The molecule has 0 radical (unpaired) electrons. The fourth-order valence-electron chi connectivity index (χ4n) is 3.04. The van der Waals surface area contributed by atoms with E-state index in [1.54, 1.807) is 0 Å². The van der Waals surface area contributed by atoms with Gasteiger partial charge in [0.05, 0.1) is 6.54 Å². The molecule has 2 aromatic rings. The molecule has 0 unspecified atom stereocenters. The molecule has 1 fully saturated rings. The zero-order valence-electron chi connectivity index (χ0n) is 15.9. The number of hydrogen-bond donors (Lipinski definition) is 2. The van der Waals surface area contributed by atoms with Crippen molar-refractivity contribution in [3.05, 3.63) is 59.2 Å². The largest absolute Gasteiger partial charge is 0.370 e. The average molecular weight is 478 g/mol. The molecule has 6 heteroatoms. The van der Waals surface area contributed by atoms with E-state index in [1.165, 1.54) is 11.1 Å². The van der Waals surface area contributed by atoms with Gasteiger partial charge >= 0.3 is 0 Å². The molecule has 0 aromatic heterocycles. The summed E-state index contributed by atoms with van der Waals surface area (Å²) in [6, 6.07) is 14.1. The number of piperidine rings is 1. The fourth-order valence-corrected chi connectivity index (χ4v) is 3.04. The molecule has 0 spiro atoms. The Bertz CT molecular complexity index is 817. The third-order valence-corrected chi connectivity index (χ3v) is 4.78. The number of anilines is 2. The molecular weight excluding hydrogens is 451 g/mol. The Kier molecular flexibility index (Phi) is 7.65. The first-order valence-electron chi connectivity index (χ1n) is 9.06. The van der Waals surface area contributed by atoms with Gasteiger partial charge in [0.1, 0.15) is 0 Å². The van der Waals surface area contributed by atoms with E-state index in [1.807, 2.05) is 35.2 Å². The Hall–Kier alpha value is -2.09. The van der Waals surface area contributed by atoms with E-state index < -0.39 is 0 Å². The molecular formula is C21H27IN4O. The van der Waals surface area contributed by atoms with Crippen LogP contribution in [0.15, 0.2) is 47.5 Å². The van der Waals surface area contributed by atoms with Crippen molar-refractivity contribution in [2.45, 2.75) is 39.7 Å². The summed E-state index contributed by atoms with van der Waals surface area (Å²) >= 11 is 0. The summed E-state index contributed by atoms with van der Waals surface area (Å²) in [5, 5.41) is 3.12. The van der Waals surface area contributed by atoms with Gasteiger partial charge in [-0.3, -0.25) is 4.79 Å². The van der Waals surface area contributed by atoms with Crippen LogP contribution in [0.25, 0.3) is 0 Å². The van der Waals surface area contributed by atoms with E-state index in [-0.39, 0.29) is 29.9 Å². The Morgan fingerprint density at radius 2 is 1.85 bits per heavy atom. The van der Waals surface area contributed by atoms with Crippen LogP contribution in [0.3, 0.4) is 0 Å². The third-order valence-electron chi connectivity index (χ3n) is 4.78. The third kappa shape index (κ3) is 5.69. The molecule has 1 heterocycles. The number of benzene rings is 2. The van der Waals surface area contributed by atoms with Gasteiger partial charge in [-0.2, -0.15) is 0 Å². The van der Waals surface area contributed by atoms with Crippen molar-refractivity contribution >= 4 is 47.2 Å². The molecule has 27 heavy (non-hydrogen) atoms. The first kappa shape index (κ1) is 21.2. The highest BCUT2D eigenvalue weighted by molar-refractivity contribution is 14.0. The summed E-state index contributed by atoms with van der Waals surface area (Å²) in [6.07, 6.45) is 2.71. The zero-order valence-corrected chi connectivity index (χ0v) is 18.2. The smallest absolute Gasteiger partial charge is 0.226 e. The lowest BCUT2D eigenvalue weighted by Gasteiger charge is -2.26. The predicted octanol–water partition coefficient (Wildman–Crippen LogP) is 4.37. The summed E-state index contributed by atoms with van der Waals surface area (Å²) < 4.78 is 0. The van der Waals surface area contributed by atoms with Gasteiger partial charge in [-0.25, -0.2) is 4.99 Å². The number of nitrogens with two attached hydrogens (primary N) is 1. The Morgan fingerprint density at radius 3 is 2.52 bits per heavy atom. The number of nitrogens with one attached hydrogen (secondary N) is 1. The molecule has 3 N–H and O–H groups in total. The summed E-state index contributed by atoms with van der Waals surface area (Å²) in [4.78, 5) is 18.3. The van der Waals surface area contributed by atoms with E-state index in [9.17, 15) is 4.79 Å². The van der Waals surface area contributed by atoms with Crippen molar-refractivity contribution in [1.82, 2.24) is 0 Å². The van der Waals surface area contributed by atoms with Gasteiger partial charge < -0.3 is 16.0 Å². The molecule has 1 amide bonds. The van der Waals surface area contributed by atoms with Gasteiger partial charge in [0, 0.05) is 24.3 Å². The SMILES string of the molecule is Cc1ccc(NC(N)=NCc2ccc(N3CCCCC3=O)cc2)cc1C.I. The number of rotatable bonds is 4. The summed E-state index contributed by atoms with van der Waals surface area (Å²) in [6.45, 7) is 5.46. The van der Waals surface area contributed by atoms with Crippen LogP contribution in [0.1, 0.15) is 36.0 Å². The number of nitrogens with zero attached hydrogens (tertiary/aromatic N) is 2. The summed E-state index contributed by atoms with van der Waals surface area (Å²) in [5.74, 6) is 0.604. The van der Waals surface area contributed by atoms with Crippen LogP contribution >= 0.6 is 24.0 Å². The van der Waals surface area contributed by atoms with Gasteiger partial charge in [-0.1, -0.05) is 18.2 Å². The molecule has 1 aliphatic heterocycles. The number of amides is 1. The van der Waals surface area contributed by atoms with Crippen molar-refractivity contribution in [2.24, 2.45) is 10.7 Å². The normalized spacial score (nSPS) is 14.7. The second-order valence-electron chi connectivity index (χ2n) is 6.79. The van der Waals surface area contributed by atoms with E-state index in [2.05, 4.69) is 36.3 Å². The second-order valence-corrected chi connectivity index (χ2v) is 6.79. The molecule has 3 rings (SSSR count). The van der Waals surface area contributed by atoms with Crippen LogP contribution in [-0.2, 0) is 11.3 Å². The lowest BCUT2D eigenvalue weighted by molar-refractivity contribution is -0.119. The number of carbonyl (C=O) groups is 1. The molecule has 5 nitrogen and oxygen atoms in total. The van der Waals surface area contributed by atoms with Gasteiger partial charge in [0.2, 0.25) is 5.91 Å². The molecule has 1 saturated heterocycles. The van der Waals surface area contributed by atoms with Crippen LogP contribution in [-0.4, -0.2) is 18.4 Å². The number of hydrogen-bond acceptors (Lipinski definition) is 2. The Morgan fingerprint density at radius 1 is 1.11 bits per heavy atom. The Balaban J connectivity index is 0.00000261. The van der Waals surface area contributed by atoms with Crippen LogP contribution in [0, 0.1) is 13.8 Å². The minimum Gasteiger partial charge on any atom is -0.370 e. The topological polar surface area (TPSA) is 70.7 Å². The summed E-state index contributed by atoms with van der Waals surface area (Å²) in [5.41, 5.74) is 11.4. The molecule has 0 aliphatic carbocycles. The van der Waals surface area contributed by atoms with Crippen molar-refractivity contribution in [1.29, 1.82) is 0 Å². The molecule has 0 saturated carbocycles. The minimum absolute atomic E-state index is 0. The highest BCUT2D eigenvalue weighted by atomic mass is 127. The molecule has 144 valence electrons. The molecule has 0 atom stereocenters. The first-order chi connectivity index (χ1) is 12.5. The number of carbonyl (C=O) groups excluding carboxylic acids is 1. The second kappa shape index (κ2) is 9.73. The average Bonchev–Trinajstić information content (AvgIpc) is 2.64. The maximum Gasteiger partial charge on any atom is 0.226 e. The van der Waals surface area contributed by atoms with Gasteiger partial charge in [0.25, 0.3) is 0 Å². The number of aliphatic imine (C=N–C) groups is 1. The van der Waals surface area contributed by atoms with Crippen LogP contribution in [0.5, 0.6) is 0 Å². The van der Waals surface area contributed by atoms with E-state index in [0.29, 0.717) is 18.9 Å². The molecule has 1 aliphatic rings. The number of guanidine groups is 1. The highest BCUT2D eigenvalue weighted by Crippen LogP contribution is 2.21. The van der Waals surface area contributed by atoms with E-state index in [4.69, 9.17) is 5.73 Å². The maximum absolute atomic E-state index is 12.0. The van der Waals surface area contributed by atoms with Gasteiger partial charge in [-0.15, -0.1) is 24.0 Å². The number of halogens is 1. The van der Waals surface area contributed by atoms with Gasteiger partial charge in [0.15, 0.2) is 5.96 Å². The molecule has 2 aromatic carbocycles. The lowest BCUT2D eigenvalue weighted by Crippen LogP contribution is -2.35. The standard InChI is InChI=1S/C21H26N4O.HI/c1-15-6-9-18(13-16(15)2)24-21(22)23-14-17-7-10-19(11-8-17)25-12-4-3-5-20(25)26;/h6-11,13H,3-5,12,14H2,1-2H3,(H3,22,23,24);1H. The lowest BCUT2D eigenvalue weighted by atomic mass is 10.1. The van der Waals surface area contributed by atoms with Crippen molar-refractivity contribution in [3.8, 4) is 0 Å².